The van der Waals surface area contributed by atoms with Crippen molar-refractivity contribution in [1.82, 2.24) is 10.1 Å². The van der Waals surface area contributed by atoms with Crippen molar-refractivity contribution >= 4 is 33.1 Å². The number of carbonyl (C=O) groups is 1. The summed E-state index contributed by atoms with van der Waals surface area (Å²) >= 11 is 1.67. The molecule has 1 amide bonds. The zero-order chi connectivity index (χ0) is 21.2. The minimum atomic E-state index is -0.142. The highest BCUT2D eigenvalue weighted by Gasteiger charge is 2.12. The predicted octanol–water partition coefficient (Wildman–Crippen LogP) is 6.11. The van der Waals surface area contributed by atoms with Crippen LogP contribution >= 0.6 is 11.3 Å². The maximum atomic E-state index is 12.4. The number of aryl methyl sites for hydroxylation is 1. The van der Waals surface area contributed by atoms with Gasteiger partial charge in [-0.15, -0.1) is 11.3 Å². The van der Waals surface area contributed by atoms with Gasteiger partial charge in [-0.1, -0.05) is 41.6 Å². The molecule has 152 valence electrons. The molecule has 5 rings (SSSR count). The number of nitrogens with one attached hydrogen (secondary N) is 1. The summed E-state index contributed by atoms with van der Waals surface area (Å²) < 4.78 is 6.54. The Kier molecular flexibility index (Phi) is 5.06. The maximum Gasteiger partial charge on any atom is 0.230 e. The number of hydrogen-bond donors (Lipinski definition) is 1. The molecular weight excluding hydrogens is 406 g/mol. The second-order valence-corrected chi connectivity index (χ2v) is 8.37. The van der Waals surface area contributed by atoms with Crippen LogP contribution in [0.2, 0.25) is 0 Å². The Morgan fingerprint density at radius 2 is 1.77 bits per heavy atom. The molecule has 0 bridgehead atoms. The van der Waals surface area contributed by atoms with E-state index >= 15 is 0 Å². The third-order valence-electron chi connectivity index (χ3n) is 4.92. The fourth-order valence-electron chi connectivity index (χ4n) is 3.35. The van der Waals surface area contributed by atoms with Gasteiger partial charge in [0.05, 0.1) is 22.3 Å². The maximum absolute atomic E-state index is 12.4. The number of fused-ring (bicyclic) bond motifs is 1. The SMILES string of the molecule is Cc1ccc2nc(-c3ccc(NC(=O)Cc4cc(-c5ccccc5)on4)cc3)sc2c1. The van der Waals surface area contributed by atoms with Crippen LogP contribution in [-0.4, -0.2) is 16.0 Å². The molecule has 6 heteroatoms. The van der Waals surface area contributed by atoms with Crippen LogP contribution in [0.25, 0.3) is 32.1 Å². The molecule has 5 nitrogen and oxygen atoms in total. The van der Waals surface area contributed by atoms with E-state index in [0.29, 0.717) is 11.5 Å². The fraction of sp³-hybridized carbons (Fsp3) is 0.0800. The van der Waals surface area contributed by atoms with Gasteiger partial charge in [0.2, 0.25) is 5.91 Å². The Morgan fingerprint density at radius 3 is 2.58 bits per heavy atom. The molecule has 0 aliphatic rings. The number of hydrogen-bond acceptors (Lipinski definition) is 5. The smallest absolute Gasteiger partial charge is 0.230 e. The van der Waals surface area contributed by atoms with E-state index in [1.807, 2.05) is 60.7 Å². The molecule has 2 aromatic heterocycles. The molecule has 0 saturated carbocycles. The Morgan fingerprint density at radius 1 is 0.968 bits per heavy atom. The number of aromatic nitrogens is 2. The van der Waals surface area contributed by atoms with Crippen molar-refractivity contribution in [1.29, 1.82) is 0 Å². The van der Waals surface area contributed by atoms with Gasteiger partial charge in [-0.05, 0) is 48.9 Å². The van der Waals surface area contributed by atoms with Crippen LogP contribution in [0.3, 0.4) is 0 Å². The minimum Gasteiger partial charge on any atom is -0.356 e. The van der Waals surface area contributed by atoms with Gasteiger partial charge >= 0.3 is 0 Å². The lowest BCUT2D eigenvalue weighted by atomic mass is 10.1. The van der Waals surface area contributed by atoms with Crippen molar-refractivity contribution in [2.75, 3.05) is 5.32 Å². The van der Waals surface area contributed by atoms with Crippen molar-refractivity contribution in [2.45, 2.75) is 13.3 Å². The monoisotopic (exact) mass is 425 g/mol. The molecule has 0 aliphatic heterocycles. The summed E-state index contributed by atoms with van der Waals surface area (Å²) in [5, 5.41) is 7.89. The molecule has 0 fully saturated rings. The van der Waals surface area contributed by atoms with Crippen LogP contribution in [0.15, 0.2) is 83.4 Å². The number of anilines is 1. The molecule has 2 heterocycles. The molecule has 0 radical (unpaired) electrons. The lowest BCUT2D eigenvalue weighted by molar-refractivity contribution is -0.115. The third-order valence-corrected chi connectivity index (χ3v) is 5.99. The summed E-state index contributed by atoms with van der Waals surface area (Å²) in [4.78, 5) is 17.1. The summed E-state index contributed by atoms with van der Waals surface area (Å²) in [6.45, 7) is 2.08. The quantitative estimate of drug-likeness (QED) is 0.369. The first-order valence-electron chi connectivity index (χ1n) is 9.92. The minimum absolute atomic E-state index is 0.142. The largest absolute Gasteiger partial charge is 0.356 e. The van der Waals surface area contributed by atoms with Gasteiger partial charge in [-0.25, -0.2) is 4.98 Å². The van der Waals surface area contributed by atoms with Gasteiger partial charge in [-0.3, -0.25) is 4.79 Å². The molecule has 0 aliphatic carbocycles. The highest BCUT2D eigenvalue weighted by Crippen LogP contribution is 2.31. The molecule has 0 spiro atoms. The van der Waals surface area contributed by atoms with E-state index in [1.54, 1.807) is 17.4 Å². The van der Waals surface area contributed by atoms with E-state index in [1.165, 1.54) is 10.3 Å². The van der Waals surface area contributed by atoms with Crippen LogP contribution in [-0.2, 0) is 11.2 Å². The Bertz CT molecular complexity index is 1350. The van der Waals surface area contributed by atoms with Gasteiger partial charge in [0, 0.05) is 22.9 Å². The van der Waals surface area contributed by atoms with E-state index in [-0.39, 0.29) is 12.3 Å². The van der Waals surface area contributed by atoms with Gasteiger partial charge < -0.3 is 9.84 Å². The topological polar surface area (TPSA) is 68.0 Å². The molecule has 0 atom stereocenters. The normalized spacial score (nSPS) is 11.0. The van der Waals surface area contributed by atoms with Crippen LogP contribution in [0.4, 0.5) is 5.69 Å². The van der Waals surface area contributed by atoms with E-state index in [2.05, 4.69) is 29.5 Å². The summed E-state index contributed by atoms with van der Waals surface area (Å²) in [5.74, 6) is 0.509. The number of nitrogens with zero attached hydrogens (tertiary/aromatic N) is 2. The molecule has 0 unspecified atom stereocenters. The average molecular weight is 426 g/mol. The lowest BCUT2D eigenvalue weighted by Gasteiger charge is -2.04. The Hall–Kier alpha value is -3.77. The number of thiazole rings is 1. The highest BCUT2D eigenvalue weighted by atomic mass is 32.1. The van der Waals surface area contributed by atoms with Gasteiger partial charge in [0.1, 0.15) is 5.01 Å². The third kappa shape index (κ3) is 4.25. The second-order valence-electron chi connectivity index (χ2n) is 7.34. The van der Waals surface area contributed by atoms with Crippen molar-refractivity contribution in [3.8, 4) is 21.9 Å². The number of carbonyl (C=O) groups excluding carboxylic acids is 1. The zero-order valence-corrected chi connectivity index (χ0v) is 17.6. The summed E-state index contributed by atoms with van der Waals surface area (Å²) in [6, 6.07) is 25.5. The molecule has 0 saturated heterocycles. The molecule has 1 N–H and O–H groups in total. The standard InChI is InChI=1S/C25H19N3O2S/c1-16-7-12-21-23(13-16)31-25(27-21)18-8-10-19(11-9-18)26-24(29)15-20-14-22(30-28-20)17-5-3-2-4-6-17/h2-14H,15H2,1H3,(H,26,29). The van der Waals surface area contributed by atoms with Crippen molar-refractivity contribution in [3.63, 3.8) is 0 Å². The first-order valence-corrected chi connectivity index (χ1v) is 10.7. The van der Waals surface area contributed by atoms with Gasteiger partial charge in [0.25, 0.3) is 0 Å². The van der Waals surface area contributed by atoms with Crippen molar-refractivity contribution in [2.24, 2.45) is 0 Å². The van der Waals surface area contributed by atoms with Crippen LogP contribution < -0.4 is 5.32 Å². The van der Waals surface area contributed by atoms with Gasteiger partial charge in [0.15, 0.2) is 5.76 Å². The van der Waals surface area contributed by atoms with E-state index in [9.17, 15) is 4.79 Å². The Labute approximate surface area is 183 Å². The molecule has 5 aromatic rings. The highest BCUT2D eigenvalue weighted by molar-refractivity contribution is 7.21. The predicted molar refractivity (Wildman–Crippen MR) is 124 cm³/mol. The van der Waals surface area contributed by atoms with Crippen LogP contribution in [0.1, 0.15) is 11.3 Å². The Balaban J connectivity index is 1.25. The van der Waals surface area contributed by atoms with Crippen molar-refractivity contribution in [3.05, 3.63) is 90.1 Å². The first kappa shape index (κ1) is 19.2. The van der Waals surface area contributed by atoms with E-state index in [0.717, 1.165) is 27.3 Å². The fourth-order valence-corrected chi connectivity index (χ4v) is 4.42. The summed E-state index contributed by atoms with van der Waals surface area (Å²) in [6.07, 6.45) is 0.148. The second kappa shape index (κ2) is 8.16. The number of benzene rings is 3. The van der Waals surface area contributed by atoms with Gasteiger partial charge in [-0.2, -0.15) is 0 Å². The van der Waals surface area contributed by atoms with Crippen molar-refractivity contribution < 1.29 is 9.32 Å². The van der Waals surface area contributed by atoms with E-state index < -0.39 is 0 Å². The molecule has 31 heavy (non-hydrogen) atoms. The molecular formula is C25H19N3O2S. The van der Waals surface area contributed by atoms with Crippen LogP contribution in [0.5, 0.6) is 0 Å². The van der Waals surface area contributed by atoms with Crippen LogP contribution in [0, 0.1) is 6.92 Å². The summed E-state index contributed by atoms with van der Waals surface area (Å²) in [7, 11) is 0. The zero-order valence-electron chi connectivity index (χ0n) is 16.8. The lowest BCUT2D eigenvalue weighted by Crippen LogP contribution is -2.14. The number of rotatable bonds is 5. The summed E-state index contributed by atoms with van der Waals surface area (Å²) in [5.41, 5.74) is 5.52. The molecule has 3 aromatic carbocycles. The first-order chi connectivity index (χ1) is 15.1. The van der Waals surface area contributed by atoms with E-state index in [4.69, 9.17) is 9.51 Å². The average Bonchev–Trinajstić information content (AvgIpc) is 3.41. The number of amides is 1.